The van der Waals surface area contributed by atoms with Crippen molar-refractivity contribution in [2.24, 2.45) is 0 Å². The average molecular weight is 268 g/mol. The van der Waals surface area contributed by atoms with Gasteiger partial charge in [0.15, 0.2) is 0 Å². The molecular weight excluding hydrogens is 253 g/mol. The van der Waals surface area contributed by atoms with Crippen LogP contribution in [0.3, 0.4) is 0 Å². The highest BCUT2D eigenvalue weighted by Crippen LogP contribution is 2.19. The van der Waals surface area contributed by atoms with Crippen molar-refractivity contribution in [1.29, 1.82) is 0 Å². The number of hydrogen-bond donors (Lipinski definition) is 1. The Balaban J connectivity index is 1.87. The minimum absolute atomic E-state index is 0.0762. The lowest BCUT2D eigenvalue weighted by molar-refractivity contribution is 0.505. The molecule has 1 aromatic carbocycles. The third-order valence-corrected chi connectivity index (χ3v) is 3.10. The predicted octanol–water partition coefficient (Wildman–Crippen LogP) is 3.03. The lowest BCUT2D eigenvalue weighted by Crippen LogP contribution is -2.23. The maximum absolute atomic E-state index is 13.3. The van der Waals surface area contributed by atoms with E-state index >= 15 is 0 Å². The molecule has 1 N–H and O–H groups in total. The Kier molecular flexibility index (Phi) is 4.33. The molecule has 0 saturated carbocycles. The van der Waals surface area contributed by atoms with Gasteiger partial charge in [0.25, 0.3) is 0 Å². The molecule has 0 radical (unpaired) electrons. The van der Waals surface area contributed by atoms with E-state index in [4.69, 9.17) is 11.6 Å². The molecule has 96 valence electrons. The van der Waals surface area contributed by atoms with Gasteiger partial charge in [-0.15, -0.1) is 0 Å². The van der Waals surface area contributed by atoms with Crippen molar-refractivity contribution in [2.45, 2.75) is 19.5 Å². The number of nitrogens with zero attached hydrogens (tertiary/aromatic N) is 2. The second-order valence-corrected chi connectivity index (χ2v) is 4.53. The SMILES string of the molecule is CC(NCCn1cccn1)c1ccc(Cl)c(F)c1. The van der Waals surface area contributed by atoms with Crippen molar-refractivity contribution in [3.8, 4) is 0 Å². The summed E-state index contributed by atoms with van der Waals surface area (Å²) in [5, 5.41) is 7.58. The molecule has 2 rings (SSSR count). The molecule has 0 aliphatic rings. The van der Waals surface area contributed by atoms with Crippen LogP contribution >= 0.6 is 11.6 Å². The zero-order chi connectivity index (χ0) is 13.0. The van der Waals surface area contributed by atoms with Crippen LogP contribution in [-0.4, -0.2) is 16.3 Å². The minimum atomic E-state index is -0.380. The van der Waals surface area contributed by atoms with Crippen LogP contribution in [0.4, 0.5) is 4.39 Å². The van der Waals surface area contributed by atoms with Crippen LogP contribution in [0.25, 0.3) is 0 Å². The van der Waals surface area contributed by atoms with Gasteiger partial charge in [-0.1, -0.05) is 17.7 Å². The molecule has 0 bridgehead atoms. The van der Waals surface area contributed by atoms with Gasteiger partial charge in [0.05, 0.1) is 11.6 Å². The van der Waals surface area contributed by atoms with Crippen LogP contribution in [0, 0.1) is 5.82 Å². The van der Waals surface area contributed by atoms with E-state index in [2.05, 4.69) is 10.4 Å². The number of aromatic nitrogens is 2. The maximum atomic E-state index is 13.3. The number of rotatable bonds is 5. The zero-order valence-electron chi connectivity index (χ0n) is 10.1. The quantitative estimate of drug-likeness (QED) is 0.902. The Bertz CT molecular complexity index is 499. The molecule has 3 nitrogen and oxygen atoms in total. The Labute approximate surface area is 111 Å². The van der Waals surface area contributed by atoms with E-state index in [0.717, 1.165) is 18.7 Å². The molecule has 5 heteroatoms. The van der Waals surface area contributed by atoms with E-state index in [1.807, 2.05) is 29.9 Å². The van der Waals surface area contributed by atoms with E-state index < -0.39 is 0 Å². The summed E-state index contributed by atoms with van der Waals surface area (Å²) in [4.78, 5) is 0. The zero-order valence-corrected chi connectivity index (χ0v) is 10.9. The largest absolute Gasteiger partial charge is 0.308 e. The van der Waals surface area contributed by atoms with Crippen LogP contribution < -0.4 is 5.32 Å². The van der Waals surface area contributed by atoms with Crippen molar-refractivity contribution >= 4 is 11.6 Å². The Hall–Kier alpha value is -1.39. The van der Waals surface area contributed by atoms with Crippen molar-refractivity contribution < 1.29 is 4.39 Å². The molecule has 1 unspecified atom stereocenters. The van der Waals surface area contributed by atoms with Crippen molar-refractivity contribution in [2.75, 3.05) is 6.54 Å². The first kappa shape index (κ1) is 13.1. The standard InChI is InChI=1S/C13H15ClFN3/c1-10(11-3-4-12(14)13(15)9-11)16-6-8-18-7-2-5-17-18/h2-5,7,9-10,16H,6,8H2,1H3. The molecule has 0 aliphatic carbocycles. The van der Waals surface area contributed by atoms with Crippen molar-refractivity contribution in [3.05, 3.63) is 53.1 Å². The predicted molar refractivity (Wildman–Crippen MR) is 70.1 cm³/mol. The van der Waals surface area contributed by atoms with Gasteiger partial charge in [-0.05, 0) is 30.7 Å². The van der Waals surface area contributed by atoms with E-state index in [0.29, 0.717) is 0 Å². The summed E-state index contributed by atoms with van der Waals surface area (Å²) >= 11 is 5.65. The van der Waals surface area contributed by atoms with Gasteiger partial charge in [-0.3, -0.25) is 4.68 Å². The van der Waals surface area contributed by atoms with Gasteiger partial charge in [0.2, 0.25) is 0 Å². The summed E-state index contributed by atoms with van der Waals surface area (Å²) in [6.07, 6.45) is 3.66. The summed E-state index contributed by atoms with van der Waals surface area (Å²) in [6, 6.07) is 6.84. The number of halogens is 2. The number of benzene rings is 1. The fourth-order valence-corrected chi connectivity index (χ4v) is 1.85. The van der Waals surface area contributed by atoms with Crippen molar-refractivity contribution in [3.63, 3.8) is 0 Å². The van der Waals surface area contributed by atoms with Gasteiger partial charge in [-0.25, -0.2) is 4.39 Å². The summed E-state index contributed by atoms with van der Waals surface area (Å²) in [5.74, 6) is -0.380. The molecular formula is C13H15ClFN3. The topological polar surface area (TPSA) is 29.9 Å². The third kappa shape index (κ3) is 3.31. The summed E-state index contributed by atoms with van der Waals surface area (Å²) < 4.78 is 15.2. The molecule has 18 heavy (non-hydrogen) atoms. The Morgan fingerprint density at radius 3 is 3.00 bits per heavy atom. The number of nitrogens with one attached hydrogen (secondary N) is 1. The van der Waals surface area contributed by atoms with Crippen LogP contribution in [0.15, 0.2) is 36.7 Å². The van der Waals surface area contributed by atoms with Gasteiger partial charge in [-0.2, -0.15) is 5.10 Å². The Morgan fingerprint density at radius 2 is 2.33 bits per heavy atom. The van der Waals surface area contributed by atoms with Crippen LogP contribution in [0.1, 0.15) is 18.5 Å². The molecule has 2 aromatic rings. The monoisotopic (exact) mass is 267 g/mol. The number of hydrogen-bond acceptors (Lipinski definition) is 2. The minimum Gasteiger partial charge on any atom is -0.308 e. The first-order chi connectivity index (χ1) is 8.66. The van der Waals surface area contributed by atoms with Gasteiger partial charge in [0.1, 0.15) is 5.82 Å². The third-order valence-electron chi connectivity index (χ3n) is 2.79. The highest BCUT2D eigenvalue weighted by molar-refractivity contribution is 6.30. The summed E-state index contributed by atoms with van der Waals surface area (Å²) in [5.41, 5.74) is 0.886. The molecule has 0 amide bonds. The average Bonchev–Trinajstić information content (AvgIpc) is 2.85. The second-order valence-electron chi connectivity index (χ2n) is 4.12. The maximum Gasteiger partial charge on any atom is 0.142 e. The van der Waals surface area contributed by atoms with E-state index in [1.54, 1.807) is 12.3 Å². The van der Waals surface area contributed by atoms with Gasteiger partial charge in [0, 0.05) is 25.0 Å². The van der Waals surface area contributed by atoms with Crippen molar-refractivity contribution in [1.82, 2.24) is 15.1 Å². The smallest absolute Gasteiger partial charge is 0.142 e. The van der Waals surface area contributed by atoms with Crippen LogP contribution in [0.5, 0.6) is 0 Å². The molecule has 0 saturated heterocycles. The normalized spacial score (nSPS) is 12.6. The van der Waals surface area contributed by atoms with E-state index in [9.17, 15) is 4.39 Å². The lowest BCUT2D eigenvalue weighted by Gasteiger charge is -2.14. The molecule has 1 atom stereocenters. The molecule has 1 heterocycles. The second kappa shape index (κ2) is 5.98. The highest BCUT2D eigenvalue weighted by atomic mass is 35.5. The molecule has 0 fully saturated rings. The Morgan fingerprint density at radius 1 is 1.50 bits per heavy atom. The first-order valence-electron chi connectivity index (χ1n) is 5.82. The van der Waals surface area contributed by atoms with E-state index in [-0.39, 0.29) is 16.9 Å². The summed E-state index contributed by atoms with van der Waals surface area (Å²) in [7, 11) is 0. The summed E-state index contributed by atoms with van der Waals surface area (Å²) in [6.45, 7) is 3.55. The molecule has 0 spiro atoms. The fourth-order valence-electron chi connectivity index (χ4n) is 1.73. The fraction of sp³-hybridized carbons (Fsp3) is 0.308. The van der Waals surface area contributed by atoms with E-state index in [1.165, 1.54) is 6.07 Å². The van der Waals surface area contributed by atoms with Gasteiger partial charge < -0.3 is 5.32 Å². The molecule has 0 aliphatic heterocycles. The van der Waals surface area contributed by atoms with Crippen LogP contribution in [-0.2, 0) is 6.54 Å². The molecule has 1 aromatic heterocycles. The van der Waals surface area contributed by atoms with Crippen LogP contribution in [0.2, 0.25) is 5.02 Å². The highest BCUT2D eigenvalue weighted by Gasteiger charge is 2.07. The first-order valence-corrected chi connectivity index (χ1v) is 6.20. The lowest BCUT2D eigenvalue weighted by atomic mass is 10.1. The van der Waals surface area contributed by atoms with Gasteiger partial charge >= 0.3 is 0 Å².